The van der Waals surface area contributed by atoms with E-state index in [1.165, 1.54) is 6.07 Å². The van der Waals surface area contributed by atoms with Gasteiger partial charge in [-0.15, -0.1) is 5.06 Å². The normalized spacial score (nSPS) is 13.6. The second-order valence-electron chi connectivity index (χ2n) is 6.71. The number of carbonyl (C=O) groups is 3. The van der Waals surface area contributed by atoms with Gasteiger partial charge >= 0.3 is 5.97 Å². The molecule has 0 saturated carbocycles. The number of pyridine rings is 1. The van der Waals surface area contributed by atoms with Crippen molar-refractivity contribution in [2.24, 2.45) is 0 Å². The fourth-order valence-corrected chi connectivity index (χ4v) is 3.00. The van der Waals surface area contributed by atoms with E-state index in [0.717, 1.165) is 5.56 Å². The summed E-state index contributed by atoms with van der Waals surface area (Å²) < 4.78 is 7.55. The minimum absolute atomic E-state index is 0.0306. The Morgan fingerprint density at radius 1 is 1.03 bits per heavy atom. The standard InChI is InChI=1S/C21H22N2O6/c1-15-21(28-14-16-6-3-2-4-7-16)17(24)11-13-22(15)12-5-8-20(27)29-23-18(25)9-10-19(23)26/h2-4,6-7,11,13H,5,8-10,12,14H2,1H3. The number of carbonyl (C=O) groups excluding carboxylic acids is 3. The third kappa shape index (κ3) is 5.10. The number of ether oxygens (including phenoxy) is 1. The van der Waals surface area contributed by atoms with Crippen molar-refractivity contribution in [3.63, 3.8) is 0 Å². The van der Waals surface area contributed by atoms with Gasteiger partial charge in [0.25, 0.3) is 11.8 Å². The Balaban J connectivity index is 1.55. The smallest absolute Gasteiger partial charge is 0.333 e. The van der Waals surface area contributed by atoms with Crippen LogP contribution in [0.4, 0.5) is 0 Å². The summed E-state index contributed by atoms with van der Waals surface area (Å²) in [6.07, 6.45) is 2.22. The summed E-state index contributed by atoms with van der Waals surface area (Å²) >= 11 is 0. The molecule has 0 bridgehead atoms. The molecule has 0 atom stereocenters. The van der Waals surface area contributed by atoms with E-state index in [2.05, 4.69) is 0 Å². The number of imide groups is 1. The fraction of sp³-hybridized carbons (Fsp3) is 0.333. The molecule has 0 N–H and O–H groups in total. The Morgan fingerprint density at radius 2 is 1.72 bits per heavy atom. The minimum Gasteiger partial charge on any atom is -0.483 e. The third-order valence-electron chi connectivity index (χ3n) is 4.59. The fourth-order valence-electron chi connectivity index (χ4n) is 3.00. The molecule has 29 heavy (non-hydrogen) atoms. The molecule has 0 spiro atoms. The number of aromatic nitrogens is 1. The van der Waals surface area contributed by atoms with Crippen LogP contribution in [-0.4, -0.2) is 27.4 Å². The van der Waals surface area contributed by atoms with Crippen molar-refractivity contribution in [1.82, 2.24) is 9.63 Å². The lowest BCUT2D eigenvalue weighted by molar-refractivity contribution is -0.197. The number of aryl methyl sites for hydroxylation is 1. The number of amides is 2. The van der Waals surface area contributed by atoms with Gasteiger partial charge in [0.15, 0.2) is 5.75 Å². The van der Waals surface area contributed by atoms with E-state index < -0.39 is 17.8 Å². The summed E-state index contributed by atoms with van der Waals surface area (Å²) in [5.41, 5.74) is 1.40. The Hall–Kier alpha value is -3.42. The van der Waals surface area contributed by atoms with E-state index in [0.29, 0.717) is 23.7 Å². The first-order valence-corrected chi connectivity index (χ1v) is 9.39. The van der Waals surface area contributed by atoms with E-state index >= 15 is 0 Å². The van der Waals surface area contributed by atoms with E-state index in [-0.39, 0.29) is 37.0 Å². The molecule has 1 aromatic carbocycles. The van der Waals surface area contributed by atoms with E-state index in [9.17, 15) is 19.2 Å². The first-order valence-electron chi connectivity index (χ1n) is 9.39. The molecule has 2 amide bonds. The summed E-state index contributed by atoms with van der Waals surface area (Å²) in [5, 5.41) is 0.544. The van der Waals surface area contributed by atoms with Crippen LogP contribution in [0, 0.1) is 6.92 Å². The molecule has 3 rings (SSSR count). The molecule has 1 aromatic heterocycles. The minimum atomic E-state index is -0.646. The van der Waals surface area contributed by atoms with Crippen LogP contribution < -0.4 is 10.2 Å². The molecule has 0 radical (unpaired) electrons. The molecular formula is C21H22N2O6. The Bertz CT molecular complexity index is 951. The van der Waals surface area contributed by atoms with Gasteiger partial charge in [0, 0.05) is 38.1 Å². The predicted molar refractivity (Wildman–Crippen MR) is 103 cm³/mol. The van der Waals surface area contributed by atoms with E-state index in [1.54, 1.807) is 13.1 Å². The molecule has 0 aliphatic carbocycles. The van der Waals surface area contributed by atoms with Crippen molar-refractivity contribution in [3.8, 4) is 5.75 Å². The zero-order valence-electron chi connectivity index (χ0n) is 16.1. The zero-order valence-corrected chi connectivity index (χ0v) is 16.1. The lowest BCUT2D eigenvalue weighted by Gasteiger charge is -2.15. The third-order valence-corrected chi connectivity index (χ3v) is 4.59. The first kappa shape index (κ1) is 20.3. The Labute approximate surface area is 167 Å². The van der Waals surface area contributed by atoms with Crippen LogP contribution in [0.25, 0.3) is 0 Å². The number of hydrogen-bond acceptors (Lipinski definition) is 6. The lowest BCUT2D eigenvalue weighted by Crippen LogP contribution is -2.32. The van der Waals surface area contributed by atoms with Gasteiger partial charge in [-0.1, -0.05) is 30.3 Å². The van der Waals surface area contributed by atoms with Gasteiger partial charge in [-0.2, -0.15) is 0 Å². The zero-order chi connectivity index (χ0) is 20.8. The molecule has 152 valence electrons. The Morgan fingerprint density at radius 3 is 2.41 bits per heavy atom. The van der Waals surface area contributed by atoms with Crippen molar-refractivity contribution in [2.45, 2.75) is 45.8 Å². The summed E-state index contributed by atoms with van der Waals surface area (Å²) in [5.74, 6) is -1.38. The highest BCUT2D eigenvalue weighted by atomic mass is 16.7. The largest absolute Gasteiger partial charge is 0.483 e. The first-order chi connectivity index (χ1) is 14.0. The molecule has 8 heteroatoms. The second-order valence-corrected chi connectivity index (χ2v) is 6.71. The highest BCUT2D eigenvalue weighted by Gasteiger charge is 2.32. The number of hydrogen-bond donors (Lipinski definition) is 0. The highest BCUT2D eigenvalue weighted by molar-refractivity contribution is 6.01. The van der Waals surface area contributed by atoms with Gasteiger partial charge in [0.05, 0.1) is 5.69 Å². The van der Waals surface area contributed by atoms with Gasteiger partial charge in [-0.3, -0.25) is 14.4 Å². The number of benzene rings is 1. The Kier molecular flexibility index (Phi) is 6.43. The lowest BCUT2D eigenvalue weighted by atomic mass is 10.2. The monoisotopic (exact) mass is 398 g/mol. The SMILES string of the molecule is Cc1c(OCc2ccccc2)c(=O)ccn1CCCC(=O)ON1C(=O)CCC1=O. The molecule has 8 nitrogen and oxygen atoms in total. The van der Waals surface area contributed by atoms with Crippen LogP contribution in [0.2, 0.25) is 0 Å². The van der Waals surface area contributed by atoms with Gasteiger partial charge in [-0.25, -0.2) is 4.79 Å². The summed E-state index contributed by atoms with van der Waals surface area (Å²) in [6, 6.07) is 11.0. The average Bonchev–Trinajstić information content (AvgIpc) is 3.02. The van der Waals surface area contributed by atoms with Crippen molar-refractivity contribution in [3.05, 3.63) is 64.1 Å². The summed E-state index contributed by atoms with van der Waals surface area (Å²) in [4.78, 5) is 51.9. The van der Waals surface area contributed by atoms with Crippen LogP contribution in [0.1, 0.15) is 36.9 Å². The van der Waals surface area contributed by atoms with Crippen LogP contribution in [0.15, 0.2) is 47.4 Å². The van der Waals surface area contributed by atoms with Crippen molar-refractivity contribution >= 4 is 17.8 Å². The quantitative estimate of drug-likeness (QED) is 0.632. The maximum absolute atomic E-state index is 12.2. The van der Waals surface area contributed by atoms with Crippen LogP contribution in [0.3, 0.4) is 0 Å². The predicted octanol–water partition coefficient (Wildman–Crippen LogP) is 2.12. The molecule has 1 aliphatic rings. The molecule has 1 aliphatic heterocycles. The molecule has 0 unspecified atom stereocenters. The maximum Gasteiger partial charge on any atom is 0.333 e. The topological polar surface area (TPSA) is 94.9 Å². The molecule has 1 fully saturated rings. The van der Waals surface area contributed by atoms with Gasteiger partial charge in [-0.05, 0) is 18.9 Å². The molecule has 1 saturated heterocycles. The van der Waals surface area contributed by atoms with E-state index in [4.69, 9.17) is 9.57 Å². The number of rotatable bonds is 8. The highest BCUT2D eigenvalue weighted by Crippen LogP contribution is 2.16. The molecule has 2 heterocycles. The second kappa shape index (κ2) is 9.18. The van der Waals surface area contributed by atoms with Crippen LogP contribution in [0.5, 0.6) is 5.75 Å². The summed E-state index contributed by atoms with van der Waals surface area (Å²) in [7, 11) is 0. The van der Waals surface area contributed by atoms with Crippen LogP contribution >= 0.6 is 0 Å². The molecule has 2 aromatic rings. The summed E-state index contributed by atoms with van der Waals surface area (Å²) in [6.45, 7) is 2.51. The molecular weight excluding hydrogens is 376 g/mol. The van der Waals surface area contributed by atoms with Crippen LogP contribution in [-0.2, 0) is 32.4 Å². The average molecular weight is 398 g/mol. The maximum atomic E-state index is 12.2. The van der Waals surface area contributed by atoms with E-state index in [1.807, 2.05) is 34.9 Å². The number of nitrogens with zero attached hydrogens (tertiary/aromatic N) is 2. The van der Waals surface area contributed by atoms with Gasteiger partial charge < -0.3 is 14.1 Å². The van der Waals surface area contributed by atoms with Gasteiger partial charge in [0.2, 0.25) is 5.43 Å². The van der Waals surface area contributed by atoms with Crippen molar-refractivity contribution < 1.29 is 24.0 Å². The number of hydroxylamine groups is 2. The van der Waals surface area contributed by atoms with Crippen molar-refractivity contribution in [1.29, 1.82) is 0 Å². The van der Waals surface area contributed by atoms with Gasteiger partial charge in [0.1, 0.15) is 6.61 Å². The van der Waals surface area contributed by atoms with Crippen molar-refractivity contribution in [2.75, 3.05) is 0 Å².